The summed E-state index contributed by atoms with van der Waals surface area (Å²) in [6.07, 6.45) is 0. The molecule has 0 spiro atoms. The summed E-state index contributed by atoms with van der Waals surface area (Å²) in [6, 6.07) is 14.8. The Morgan fingerprint density at radius 2 is 0.944 bits per heavy atom. The highest BCUT2D eigenvalue weighted by Crippen LogP contribution is 2.23. The first-order valence-electron chi connectivity index (χ1n) is 5.01. The Morgan fingerprint density at radius 1 is 0.611 bits per heavy atom. The van der Waals surface area contributed by atoms with E-state index in [1.807, 2.05) is 94.5 Å². The standard InChI is InChI=1S/C12H8I2N2O2/c13-17-11-5-1-9(2-6-11)15-16-10-3-7-12(18-14)8-4-10/h1-8H. The van der Waals surface area contributed by atoms with Gasteiger partial charge in [-0.2, -0.15) is 10.2 Å². The van der Waals surface area contributed by atoms with Gasteiger partial charge in [0.05, 0.1) is 11.4 Å². The number of hydrogen-bond donors (Lipinski definition) is 0. The van der Waals surface area contributed by atoms with Crippen LogP contribution in [-0.2, 0) is 0 Å². The molecular weight excluding hydrogens is 458 g/mol. The van der Waals surface area contributed by atoms with Gasteiger partial charge in [0.1, 0.15) is 11.5 Å². The third-order valence-electron chi connectivity index (χ3n) is 2.13. The van der Waals surface area contributed by atoms with Crippen molar-refractivity contribution in [2.75, 3.05) is 0 Å². The molecular formula is C12H8I2N2O2. The molecule has 0 aliphatic rings. The van der Waals surface area contributed by atoms with Gasteiger partial charge in [-0.15, -0.1) is 0 Å². The summed E-state index contributed by atoms with van der Waals surface area (Å²) in [5.41, 5.74) is 1.56. The number of nitrogens with zero attached hydrogens (tertiary/aromatic N) is 2. The predicted octanol–water partition coefficient (Wildman–Crippen LogP) is 5.56. The zero-order valence-electron chi connectivity index (χ0n) is 9.09. The maximum Gasteiger partial charge on any atom is 0.192 e. The minimum absolute atomic E-state index is 0.779. The van der Waals surface area contributed by atoms with Gasteiger partial charge in [-0.1, -0.05) is 0 Å². The van der Waals surface area contributed by atoms with Crippen LogP contribution in [0.2, 0.25) is 0 Å². The van der Waals surface area contributed by atoms with Crippen LogP contribution < -0.4 is 6.13 Å². The summed E-state index contributed by atoms with van der Waals surface area (Å²) in [7, 11) is 0. The second-order valence-corrected chi connectivity index (χ2v) is 4.22. The first kappa shape index (κ1) is 13.5. The van der Waals surface area contributed by atoms with Crippen LogP contribution >= 0.6 is 46.0 Å². The van der Waals surface area contributed by atoms with Crippen molar-refractivity contribution < 1.29 is 6.13 Å². The molecule has 0 saturated heterocycles. The van der Waals surface area contributed by atoms with Gasteiger partial charge in [-0.3, -0.25) is 0 Å². The van der Waals surface area contributed by atoms with Gasteiger partial charge in [-0.05, 0) is 48.5 Å². The Hall–Kier alpha value is -0.900. The van der Waals surface area contributed by atoms with Crippen LogP contribution in [0.5, 0.6) is 11.5 Å². The molecule has 0 saturated carbocycles. The fourth-order valence-corrected chi connectivity index (χ4v) is 1.83. The summed E-state index contributed by atoms with van der Waals surface area (Å²) in [5, 5.41) is 8.26. The number of azo groups is 1. The molecule has 6 heteroatoms. The minimum atomic E-state index is 0.779. The SMILES string of the molecule is IOc1ccc(N=Nc2ccc(OI)cc2)cc1. The quantitative estimate of drug-likeness (QED) is 0.438. The normalized spacial score (nSPS) is 10.6. The summed E-state index contributed by atoms with van der Waals surface area (Å²) < 4.78 is 10.1. The van der Waals surface area contributed by atoms with Gasteiger partial charge in [-0.25, -0.2) is 0 Å². The van der Waals surface area contributed by atoms with Crippen molar-refractivity contribution in [1.82, 2.24) is 0 Å². The molecule has 0 bridgehead atoms. The molecule has 4 nitrogen and oxygen atoms in total. The summed E-state index contributed by atoms with van der Waals surface area (Å²) in [6.45, 7) is 0. The second-order valence-electron chi connectivity index (χ2n) is 3.34. The van der Waals surface area contributed by atoms with Crippen LogP contribution in [0.15, 0.2) is 58.8 Å². The van der Waals surface area contributed by atoms with Crippen molar-refractivity contribution in [2.45, 2.75) is 0 Å². The van der Waals surface area contributed by atoms with E-state index in [9.17, 15) is 0 Å². The molecule has 0 aliphatic carbocycles. The van der Waals surface area contributed by atoms with E-state index in [4.69, 9.17) is 6.13 Å². The van der Waals surface area contributed by atoms with Crippen LogP contribution in [0, 0.1) is 0 Å². The lowest BCUT2D eigenvalue weighted by molar-refractivity contribution is 0.716. The molecule has 0 fully saturated rings. The van der Waals surface area contributed by atoms with Gasteiger partial charge in [0, 0.05) is 0 Å². The maximum absolute atomic E-state index is 5.04. The van der Waals surface area contributed by atoms with Crippen LogP contribution in [-0.4, -0.2) is 0 Å². The molecule has 0 radical (unpaired) electrons. The Bertz CT molecular complexity index is 477. The number of hydrogen-bond acceptors (Lipinski definition) is 4. The zero-order valence-corrected chi connectivity index (χ0v) is 13.4. The van der Waals surface area contributed by atoms with E-state index in [0.717, 1.165) is 22.9 Å². The number of rotatable bonds is 4. The van der Waals surface area contributed by atoms with E-state index in [-0.39, 0.29) is 0 Å². The van der Waals surface area contributed by atoms with Crippen LogP contribution in [0.4, 0.5) is 11.4 Å². The molecule has 0 amide bonds. The van der Waals surface area contributed by atoms with Gasteiger partial charge in [0.2, 0.25) is 0 Å². The topological polar surface area (TPSA) is 43.2 Å². The van der Waals surface area contributed by atoms with Crippen molar-refractivity contribution in [3.8, 4) is 11.5 Å². The zero-order chi connectivity index (χ0) is 12.8. The average Bonchev–Trinajstić information content (AvgIpc) is 2.46. The van der Waals surface area contributed by atoms with Gasteiger partial charge in [0.15, 0.2) is 46.0 Å². The first-order valence-corrected chi connectivity index (χ1v) is 6.77. The molecule has 0 N–H and O–H groups in total. The Balaban J connectivity index is 2.08. The highest BCUT2D eigenvalue weighted by Gasteiger charge is 1.94. The van der Waals surface area contributed by atoms with E-state index in [1.54, 1.807) is 0 Å². The van der Waals surface area contributed by atoms with E-state index in [0.29, 0.717) is 0 Å². The smallest absolute Gasteiger partial charge is 0.192 e. The van der Waals surface area contributed by atoms with Crippen molar-refractivity contribution >= 4 is 57.4 Å². The largest absolute Gasteiger partial charge is 0.428 e. The fourth-order valence-electron chi connectivity index (χ4n) is 1.24. The molecule has 0 atom stereocenters. The van der Waals surface area contributed by atoms with Crippen molar-refractivity contribution in [2.24, 2.45) is 10.2 Å². The number of benzene rings is 2. The first-order chi connectivity index (χ1) is 8.81. The van der Waals surface area contributed by atoms with Crippen molar-refractivity contribution in [3.05, 3.63) is 48.5 Å². The van der Waals surface area contributed by atoms with E-state index < -0.39 is 0 Å². The molecule has 18 heavy (non-hydrogen) atoms. The van der Waals surface area contributed by atoms with E-state index in [1.165, 1.54) is 0 Å². The van der Waals surface area contributed by atoms with Gasteiger partial charge < -0.3 is 6.13 Å². The molecule has 0 heterocycles. The monoisotopic (exact) mass is 466 g/mol. The van der Waals surface area contributed by atoms with Crippen molar-refractivity contribution in [1.29, 1.82) is 0 Å². The average molecular weight is 466 g/mol. The minimum Gasteiger partial charge on any atom is -0.428 e. The van der Waals surface area contributed by atoms with Gasteiger partial charge in [0.25, 0.3) is 0 Å². The Morgan fingerprint density at radius 3 is 1.22 bits per heavy atom. The summed E-state index contributed by atoms with van der Waals surface area (Å²) >= 11 is 3.67. The summed E-state index contributed by atoms with van der Waals surface area (Å²) in [4.78, 5) is 0. The highest BCUT2D eigenvalue weighted by atomic mass is 127. The second kappa shape index (κ2) is 6.88. The van der Waals surface area contributed by atoms with E-state index in [2.05, 4.69) is 10.2 Å². The summed E-state index contributed by atoms with van der Waals surface area (Å²) in [5.74, 6) is 1.58. The van der Waals surface area contributed by atoms with Crippen molar-refractivity contribution in [3.63, 3.8) is 0 Å². The molecule has 2 aromatic rings. The lowest BCUT2D eigenvalue weighted by Gasteiger charge is -1.97. The Labute approximate surface area is 133 Å². The number of halogens is 2. The fraction of sp³-hybridized carbons (Fsp3) is 0. The van der Waals surface area contributed by atoms with E-state index >= 15 is 0 Å². The van der Waals surface area contributed by atoms with Crippen LogP contribution in [0.1, 0.15) is 0 Å². The molecule has 2 aromatic carbocycles. The Kier molecular flexibility index (Phi) is 5.17. The maximum atomic E-state index is 5.04. The highest BCUT2D eigenvalue weighted by molar-refractivity contribution is 14.1. The molecule has 0 aromatic heterocycles. The third-order valence-corrected chi connectivity index (χ3v) is 3.15. The molecule has 92 valence electrons. The lowest BCUT2D eigenvalue weighted by Crippen LogP contribution is -1.72. The van der Waals surface area contributed by atoms with Gasteiger partial charge >= 0.3 is 0 Å². The van der Waals surface area contributed by atoms with Crippen LogP contribution in [0.3, 0.4) is 0 Å². The lowest BCUT2D eigenvalue weighted by atomic mass is 10.3. The van der Waals surface area contributed by atoms with Crippen LogP contribution in [0.25, 0.3) is 0 Å². The molecule has 2 rings (SSSR count). The predicted molar refractivity (Wildman–Crippen MR) is 86.4 cm³/mol. The third kappa shape index (κ3) is 3.80. The molecule has 0 aliphatic heterocycles. The molecule has 0 unspecified atom stereocenters.